The summed E-state index contributed by atoms with van der Waals surface area (Å²) in [6, 6.07) is 8.19. The van der Waals surface area contributed by atoms with Gasteiger partial charge in [0.2, 0.25) is 0 Å². The van der Waals surface area contributed by atoms with E-state index in [2.05, 4.69) is 14.9 Å². The van der Waals surface area contributed by atoms with E-state index in [0.29, 0.717) is 24.6 Å². The maximum atomic E-state index is 13.0. The van der Waals surface area contributed by atoms with Crippen molar-refractivity contribution in [1.82, 2.24) is 14.9 Å². The molecule has 4 rings (SSSR count). The van der Waals surface area contributed by atoms with Crippen LogP contribution < -0.4 is 9.64 Å². The Bertz CT molecular complexity index is 806. The lowest BCUT2D eigenvalue weighted by Gasteiger charge is -2.40. The van der Waals surface area contributed by atoms with Crippen molar-refractivity contribution >= 4 is 23.3 Å². The number of hydrogen-bond acceptors (Lipinski definition) is 5. The number of methoxy groups -OCH3 is 1. The number of carbonyl (C=O) groups is 1. The number of aromatic nitrogens is 2. The zero-order valence-corrected chi connectivity index (χ0v) is 15.4. The molecule has 0 atom stereocenters. The van der Waals surface area contributed by atoms with Crippen molar-refractivity contribution in [2.75, 3.05) is 18.7 Å². The summed E-state index contributed by atoms with van der Waals surface area (Å²) in [6.07, 6.45) is 5.84. The van der Waals surface area contributed by atoms with Gasteiger partial charge in [0.05, 0.1) is 13.8 Å². The Balaban J connectivity index is 1.67. The molecule has 136 valence electrons. The minimum Gasteiger partial charge on any atom is -0.497 e. The Morgan fingerprint density at radius 1 is 1.19 bits per heavy atom. The zero-order valence-electron chi connectivity index (χ0n) is 14.7. The van der Waals surface area contributed by atoms with E-state index in [1.54, 1.807) is 7.11 Å². The van der Waals surface area contributed by atoms with Gasteiger partial charge in [-0.05, 0) is 30.5 Å². The van der Waals surface area contributed by atoms with Gasteiger partial charge in [-0.15, -0.1) is 0 Å². The van der Waals surface area contributed by atoms with Crippen LogP contribution in [-0.2, 0) is 6.54 Å². The zero-order chi connectivity index (χ0) is 18.1. The highest BCUT2D eigenvalue weighted by Gasteiger charge is 2.37. The number of fused-ring (bicyclic) bond motifs is 1. The highest BCUT2D eigenvalue weighted by molar-refractivity contribution is 6.33. The normalized spacial score (nSPS) is 17.5. The van der Waals surface area contributed by atoms with Gasteiger partial charge in [-0.1, -0.05) is 36.6 Å². The van der Waals surface area contributed by atoms with Gasteiger partial charge in [-0.3, -0.25) is 4.79 Å². The maximum absolute atomic E-state index is 13.0. The van der Waals surface area contributed by atoms with Crippen molar-refractivity contribution in [1.29, 1.82) is 0 Å². The summed E-state index contributed by atoms with van der Waals surface area (Å²) in [4.78, 5) is 25.5. The minimum atomic E-state index is -0.0523. The summed E-state index contributed by atoms with van der Waals surface area (Å²) in [6.45, 7) is 1.16. The van der Waals surface area contributed by atoms with Crippen LogP contribution in [0.25, 0.3) is 0 Å². The quantitative estimate of drug-likeness (QED) is 0.769. The van der Waals surface area contributed by atoms with E-state index in [1.165, 1.54) is 19.2 Å². The summed E-state index contributed by atoms with van der Waals surface area (Å²) < 4.78 is 5.23. The summed E-state index contributed by atoms with van der Waals surface area (Å²) in [5.74, 6) is 1.38. The Labute approximate surface area is 157 Å². The predicted molar refractivity (Wildman–Crippen MR) is 99.5 cm³/mol. The first-order valence-corrected chi connectivity index (χ1v) is 9.24. The van der Waals surface area contributed by atoms with E-state index >= 15 is 0 Å². The van der Waals surface area contributed by atoms with Gasteiger partial charge in [-0.25, -0.2) is 9.97 Å². The molecule has 0 N–H and O–H groups in total. The first kappa shape index (κ1) is 17.1. The van der Waals surface area contributed by atoms with E-state index in [-0.39, 0.29) is 17.1 Å². The number of anilines is 1. The molecule has 26 heavy (non-hydrogen) atoms. The molecule has 2 aliphatic rings. The Kier molecular flexibility index (Phi) is 4.68. The first-order chi connectivity index (χ1) is 12.7. The number of nitrogens with zero attached hydrogens (tertiary/aromatic N) is 4. The standard InChI is InChI=1S/C19H21ClN4O2/c1-26-15-8-6-13(7-9-15)10-23-12-24(14-4-2-3-5-14)19(25)16-17(20)21-11-22-18(16)23/h6-9,11,14H,2-5,10,12H2,1H3. The smallest absolute Gasteiger partial charge is 0.262 e. The molecule has 1 aromatic heterocycles. The van der Waals surface area contributed by atoms with Gasteiger partial charge < -0.3 is 14.5 Å². The van der Waals surface area contributed by atoms with Crippen LogP contribution in [0.15, 0.2) is 30.6 Å². The third kappa shape index (κ3) is 3.09. The number of amides is 1. The van der Waals surface area contributed by atoms with E-state index in [0.717, 1.165) is 24.2 Å². The van der Waals surface area contributed by atoms with Crippen LogP contribution in [0.2, 0.25) is 5.15 Å². The first-order valence-electron chi connectivity index (χ1n) is 8.86. The summed E-state index contributed by atoms with van der Waals surface area (Å²) in [7, 11) is 1.65. The largest absolute Gasteiger partial charge is 0.497 e. The van der Waals surface area contributed by atoms with Crippen molar-refractivity contribution < 1.29 is 9.53 Å². The van der Waals surface area contributed by atoms with Crippen LogP contribution in [-0.4, -0.2) is 40.6 Å². The fourth-order valence-corrected chi connectivity index (χ4v) is 4.02. The average Bonchev–Trinajstić information content (AvgIpc) is 3.19. The van der Waals surface area contributed by atoms with E-state index in [4.69, 9.17) is 16.3 Å². The summed E-state index contributed by atoms with van der Waals surface area (Å²) in [5.41, 5.74) is 1.54. The summed E-state index contributed by atoms with van der Waals surface area (Å²) in [5, 5.41) is 0.224. The van der Waals surface area contributed by atoms with E-state index in [9.17, 15) is 4.79 Å². The number of benzene rings is 1. The molecule has 1 aromatic carbocycles. The van der Waals surface area contributed by atoms with Gasteiger partial charge in [-0.2, -0.15) is 0 Å². The fraction of sp³-hybridized carbons (Fsp3) is 0.421. The number of halogens is 1. The molecular weight excluding hydrogens is 352 g/mol. The number of carbonyl (C=O) groups excluding carboxylic acids is 1. The predicted octanol–water partition coefficient (Wildman–Crippen LogP) is 3.50. The van der Waals surface area contributed by atoms with Gasteiger partial charge in [0, 0.05) is 12.6 Å². The van der Waals surface area contributed by atoms with Crippen molar-refractivity contribution in [2.24, 2.45) is 0 Å². The second kappa shape index (κ2) is 7.11. The third-order valence-corrected chi connectivity index (χ3v) is 5.46. The number of rotatable bonds is 4. The molecule has 0 saturated heterocycles. The van der Waals surface area contributed by atoms with Crippen LogP contribution in [0.4, 0.5) is 5.82 Å². The average molecular weight is 373 g/mol. The van der Waals surface area contributed by atoms with Crippen molar-refractivity contribution in [2.45, 2.75) is 38.3 Å². The van der Waals surface area contributed by atoms with Crippen LogP contribution in [0.3, 0.4) is 0 Å². The van der Waals surface area contributed by atoms with Crippen molar-refractivity contribution in [3.05, 3.63) is 46.9 Å². The lowest BCUT2D eigenvalue weighted by molar-refractivity contribution is 0.0661. The monoisotopic (exact) mass is 372 g/mol. The third-order valence-electron chi connectivity index (χ3n) is 5.18. The molecular formula is C19H21ClN4O2. The molecule has 7 heteroatoms. The molecule has 0 spiro atoms. The van der Waals surface area contributed by atoms with Gasteiger partial charge >= 0.3 is 0 Å². The molecule has 1 aliphatic heterocycles. The lowest BCUT2D eigenvalue weighted by Crippen LogP contribution is -2.51. The second-order valence-electron chi connectivity index (χ2n) is 6.76. The Hall–Kier alpha value is -2.34. The lowest BCUT2D eigenvalue weighted by atomic mass is 10.1. The molecule has 0 bridgehead atoms. The topological polar surface area (TPSA) is 58.6 Å². The molecule has 2 aromatic rings. The SMILES string of the molecule is COc1ccc(CN2CN(C3CCCC3)C(=O)c3c(Cl)ncnc32)cc1. The molecule has 1 saturated carbocycles. The van der Waals surface area contributed by atoms with Crippen molar-refractivity contribution in [3.8, 4) is 5.75 Å². The highest BCUT2D eigenvalue weighted by Crippen LogP contribution is 2.34. The summed E-state index contributed by atoms with van der Waals surface area (Å²) >= 11 is 6.28. The van der Waals surface area contributed by atoms with Crippen LogP contribution in [0, 0.1) is 0 Å². The van der Waals surface area contributed by atoms with Crippen LogP contribution in [0.1, 0.15) is 41.6 Å². The Morgan fingerprint density at radius 2 is 1.92 bits per heavy atom. The fourth-order valence-electron chi connectivity index (χ4n) is 3.81. The molecule has 1 aliphatic carbocycles. The second-order valence-corrected chi connectivity index (χ2v) is 7.12. The maximum Gasteiger partial charge on any atom is 0.262 e. The Morgan fingerprint density at radius 3 is 2.62 bits per heavy atom. The van der Waals surface area contributed by atoms with Crippen LogP contribution >= 0.6 is 11.6 Å². The van der Waals surface area contributed by atoms with E-state index in [1.807, 2.05) is 29.2 Å². The minimum absolute atomic E-state index is 0.0523. The van der Waals surface area contributed by atoms with Crippen molar-refractivity contribution in [3.63, 3.8) is 0 Å². The molecule has 6 nitrogen and oxygen atoms in total. The van der Waals surface area contributed by atoms with E-state index < -0.39 is 0 Å². The molecule has 2 heterocycles. The van der Waals surface area contributed by atoms with Gasteiger partial charge in [0.25, 0.3) is 5.91 Å². The highest BCUT2D eigenvalue weighted by atomic mass is 35.5. The van der Waals surface area contributed by atoms with Crippen LogP contribution in [0.5, 0.6) is 5.75 Å². The van der Waals surface area contributed by atoms with Gasteiger partial charge in [0.15, 0.2) is 0 Å². The molecule has 0 radical (unpaired) electrons. The van der Waals surface area contributed by atoms with Gasteiger partial charge in [0.1, 0.15) is 28.6 Å². The molecule has 1 fully saturated rings. The number of hydrogen-bond donors (Lipinski definition) is 0. The molecule has 1 amide bonds. The number of ether oxygens (including phenoxy) is 1. The molecule has 0 unspecified atom stereocenters.